The monoisotopic (exact) mass is 529 g/mol. The Bertz CT molecular complexity index is 1340. The van der Waals surface area contributed by atoms with Gasteiger partial charge in [0.1, 0.15) is 18.1 Å². The van der Waals surface area contributed by atoms with E-state index in [0.717, 1.165) is 22.0 Å². The number of aromatic nitrogens is 2. The summed E-state index contributed by atoms with van der Waals surface area (Å²) in [5.74, 6) is 0.291. The Balaban J connectivity index is 0.000000519. The van der Waals surface area contributed by atoms with Crippen molar-refractivity contribution in [3.05, 3.63) is 59.5 Å². The van der Waals surface area contributed by atoms with E-state index in [9.17, 15) is 21.6 Å². The third-order valence-corrected chi connectivity index (χ3v) is 3.83. The zero-order valence-electron chi connectivity index (χ0n) is 19.4. The second kappa shape index (κ2) is 12.8. The Morgan fingerprint density at radius 1 is 1.11 bits per heavy atom. The normalized spacial score (nSPS) is 11.5. The van der Waals surface area contributed by atoms with Crippen LogP contribution < -0.4 is 15.8 Å². The number of guanidine groups is 1. The van der Waals surface area contributed by atoms with Crippen LogP contribution in [0.3, 0.4) is 0 Å². The maximum Gasteiger partial charge on any atom is 0.296 e. The highest BCUT2D eigenvalue weighted by molar-refractivity contribution is 7.85. The highest BCUT2D eigenvalue weighted by atomic mass is 32.2. The maximum absolute atomic E-state index is 12.2. The zero-order chi connectivity index (χ0) is 26.8. The lowest BCUT2D eigenvalue weighted by Gasteiger charge is -2.08. The Morgan fingerprint density at radius 2 is 1.66 bits per heavy atom. The fourth-order valence-electron chi connectivity index (χ4n) is 2.43. The second-order valence-corrected chi connectivity index (χ2v) is 9.95. The van der Waals surface area contributed by atoms with Gasteiger partial charge in [0.25, 0.3) is 26.1 Å². The maximum atomic E-state index is 12.2. The minimum Gasteiger partial charge on any atom is -0.487 e. The molecule has 0 unspecified atom stereocenters. The number of carbonyl (C=O) groups excluding carboxylic acids is 1. The average molecular weight is 530 g/mol. The number of hydrogen-bond acceptors (Lipinski definition) is 7. The summed E-state index contributed by atoms with van der Waals surface area (Å²) in [6.07, 6.45) is 4.87. The van der Waals surface area contributed by atoms with Gasteiger partial charge in [-0.25, -0.2) is 0 Å². The van der Waals surface area contributed by atoms with Crippen LogP contribution in [-0.2, 0) is 26.8 Å². The van der Waals surface area contributed by atoms with Gasteiger partial charge >= 0.3 is 0 Å². The number of fused-ring (bicyclic) bond motifs is 1. The molecule has 0 spiro atoms. The molecule has 3 aromatic rings. The third kappa shape index (κ3) is 12.5. The number of rotatable bonds is 4. The molecule has 0 radical (unpaired) electrons. The smallest absolute Gasteiger partial charge is 0.296 e. The number of H-pyrrole nitrogens is 1. The van der Waals surface area contributed by atoms with Crippen molar-refractivity contribution in [1.29, 1.82) is 0 Å². The molecule has 0 aliphatic heterocycles. The van der Waals surface area contributed by atoms with Crippen LogP contribution in [0.1, 0.15) is 21.6 Å². The molecule has 2 aromatic heterocycles. The van der Waals surface area contributed by atoms with Gasteiger partial charge in [-0.2, -0.15) is 21.8 Å². The van der Waals surface area contributed by atoms with Crippen molar-refractivity contribution in [2.24, 2.45) is 10.7 Å². The SMILES string of the molecule is CNC(N)=NC(=O)c1cc2c(C)ccc(OCc3ccncc3)c2[nH]1.CS(=O)(=O)O.CS(=O)(=O)O. The number of aliphatic imine (C=N–C) groups is 1. The molecule has 1 aromatic carbocycles. The summed E-state index contributed by atoms with van der Waals surface area (Å²) in [5.41, 5.74) is 8.72. The summed E-state index contributed by atoms with van der Waals surface area (Å²) in [4.78, 5) is 23.1. The molecule has 6 N–H and O–H groups in total. The van der Waals surface area contributed by atoms with E-state index in [1.54, 1.807) is 25.5 Å². The topological polar surface area (TPSA) is 214 Å². The van der Waals surface area contributed by atoms with Crippen molar-refractivity contribution in [3.8, 4) is 5.75 Å². The summed E-state index contributed by atoms with van der Waals surface area (Å²) in [7, 11) is -5.73. The van der Waals surface area contributed by atoms with Crippen LogP contribution in [0.15, 0.2) is 47.7 Å². The average Bonchev–Trinajstić information content (AvgIpc) is 3.18. The molecule has 2 heterocycles. The van der Waals surface area contributed by atoms with Crippen molar-refractivity contribution >= 4 is 43.0 Å². The van der Waals surface area contributed by atoms with Gasteiger partial charge in [0.15, 0.2) is 5.96 Å². The van der Waals surface area contributed by atoms with E-state index >= 15 is 0 Å². The largest absolute Gasteiger partial charge is 0.487 e. The summed E-state index contributed by atoms with van der Waals surface area (Å²) < 4.78 is 57.6. The molecular formula is C20H27N5O8S2. The Morgan fingerprint density at radius 3 is 2.17 bits per heavy atom. The lowest BCUT2D eigenvalue weighted by molar-refractivity contribution is 0.0998. The molecule has 15 heteroatoms. The van der Waals surface area contributed by atoms with Crippen molar-refractivity contribution in [2.75, 3.05) is 19.6 Å². The minimum absolute atomic E-state index is 0.0644. The van der Waals surface area contributed by atoms with Gasteiger partial charge in [0.05, 0.1) is 18.0 Å². The minimum atomic E-state index is -3.67. The van der Waals surface area contributed by atoms with Crippen LogP contribution >= 0.6 is 0 Å². The highest BCUT2D eigenvalue weighted by Crippen LogP contribution is 2.29. The van der Waals surface area contributed by atoms with Gasteiger partial charge in [0.2, 0.25) is 0 Å². The Hall–Kier alpha value is -3.53. The lowest BCUT2D eigenvalue weighted by Crippen LogP contribution is -2.28. The van der Waals surface area contributed by atoms with Crippen LogP contribution in [0.5, 0.6) is 5.75 Å². The van der Waals surface area contributed by atoms with Gasteiger partial charge < -0.3 is 20.8 Å². The fraction of sp³-hybridized carbons (Fsp3) is 0.250. The Labute approximate surface area is 202 Å². The van der Waals surface area contributed by atoms with Gasteiger partial charge in [-0.1, -0.05) is 6.07 Å². The predicted octanol–water partition coefficient (Wildman–Crippen LogP) is 1.13. The number of carbonyl (C=O) groups is 1. The molecule has 0 aliphatic carbocycles. The van der Waals surface area contributed by atoms with E-state index in [0.29, 0.717) is 30.6 Å². The van der Waals surface area contributed by atoms with E-state index in [2.05, 4.69) is 20.3 Å². The van der Waals surface area contributed by atoms with Crippen molar-refractivity contribution in [2.45, 2.75) is 13.5 Å². The summed E-state index contributed by atoms with van der Waals surface area (Å²) in [6, 6.07) is 9.39. The third-order valence-electron chi connectivity index (χ3n) is 3.83. The predicted molar refractivity (Wildman–Crippen MR) is 132 cm³/mol. The molecule has 3 rings (SSSR count). The van der Waals surface area contributed by atoms with Crippen LogP contribution in [0.25, 0.3) is 10.9 Å². The standard InChI is InChI=1S/C18H19N5O2.2CH4O3S/c1-11-3-4-15(25-10-12-5-7-21-8-6-12)16-13(11)9-14(22-16)17(24)23-18(19)20-2;2*1-5(2,3)4/h3-9,22H,10H2,1-2H3,(H3,19,20,23,24);2*1H3,(H,2,3,4). The van der Waals surface area contributed by atoms with Crippen molar-refractivity contribution < 1.29 is 35.5 Å². The van der Waals surface area contributed by atoms with Crippen LogP contribution in [0.4, 0.5) is 0 Å². The number of nitrogens with two attached hydrogens (primary N) is 1. The summed E-state index contributed by atoms with van der Waals surface area (Å²) >= 11 is 0. The molecule has 192 valence electrons. The first-order valence-corrected chi connectivity index (χ1v) is 13.3. The number of amides is 1. The van der Waals surface area contributed by atoms with E-state index in [1.807, 2.05) is 31.2 Å². The molecule has 1 amide bonds. The molecule has 0 saturated carbocycles. The fourth-order valence-corrected chi connectivity index (χ4v) is 2.43. The van der Waals surface area contributed by atoms with Gasteiger partial charge in [0, 0.05) is 24.8 Å². The number of nitrogens with one attached hydrogen (secondary N) is 2. The molecule has 0 fully saturated rings. The number of benzene rings is 1. The van der Waals surface area contributed by atoms with Crippen molar-refractivity contribution in [1.82, 2.24) is 15.3 Å². The first kappa shape index (κ1) is 29.5. The molecule has 13 nitrogen and oxygen atoms in total. The first-order valence-electron chi connectivity index (χ1n) is 9.63. The zero-order valence-corrected chi connectivity index (χ0v) is 21.0. The van der Waals surface area contributed by atoms with E-state index in [-0.39, 0.29) is 5.96 Å². The van der Waals surface area contributed by atoms with Crippen LogP contribution in [0, 0.1) is 6.92 Å². The van der Waals surface area contributed by atoms with Gasteiger partial charge in [-0.3, -0.25) is 18.9 Å². The molecule has 0 saturated heterocycles. The van der Waals surface area contributed by atoms with Crippen LogP contribution in [-0.4, -0.2) is 67.3 Å². The summed E-state index contributed by atoms with van der Waals surface area (Å²) in [5, 5.41) is 3.53. The van der Waals surface area contributed by atoms with Crippen molar-refractivity contribution in [3.63, 3.8) is 0 Å². The number of nitrogens with zero attached hydrogens (tertiary/aromatic N) is 2. The first-order chi connectivity index (χ1) is 16.1. The number of hydrogen-bond donors (Lipinski definition) is 5. The molecule has 35 heavy (non-hydrogen) atoms. The van der Waals surface area contributed by atoms with Crippen LogP contribution in [0.2, 0.25) is 0 Å². The number of aryl methyl sites for hydroxylation is 1. The number of pyridine rings is 1. The highest BCUT2D eigenvalue weighted by Gasteiger charge is 2.14. The number of ether oxygens (including phenoxy) is 1. The second-order valence-electron chi connectivity index (χ2n) is 7.01. The lowest BCUT2D eigenvalue weighted by atomic mass is 10.1. The van der Waals surface area contributed by atoms with Gasteiger partial charge in [-0.15, -0.1) is 0 Å². The van der Waals surface area contributed by atoms with Gasteiger partial charge in [-0.05, 0) is 42.3 Å². The van der Waals surface area contributed by atoms with E-state index in [1.165, 1.54) is 0 Å². The molecule has 0 bridgehead atoms. The molecule has 0 aliphatic rings. The molecule has 0 atom stereocenters. The van der Waals surface area contributed by atoms with E-state index in [4.69, 9.17) is 19.6 Å². The molecular weight excluding hydrogens is 502 g/mol. The Kier molecular flexibility index (Phi) is 10.8. The van der Waals surface area contributed by atoms with E-state index < -0.39 is 26.1 Å². The number of aromatic amines is 1. The summed E-state index contributed by atoms with van der Waals surface area (Å²) in [6.45, 7) is 2.39. The quantitative estimate of drug-likeness (QED) is 0.183.